The SMILES string of the molecule is Cc1cc(N=CN(C)C)n(C)n1. The molecule has 0 bridgehead atoms. The Hall–Kier alpha value is -1.32. The Kier molecular flexibility index (Phi) is 2.47. The molecule has 0 fully saturated rings. The van der Waals surface area contributed by atoms with Gasteiger partial charge in [-0.3, -0.25) is 4.68 Å². The van der Waals surface area contributed by atoms with Crippen LogP contribution in [0.1, 0.15) is 5.69 Å². The zero-order chi connectivity index (χ0) is 9.14. The van der Waals surface area contributed by atoms with Gasteiger partial charge < -0.3 is 4.90 Å². The molecule has 1 rings (SSSR count). The fraction of sp³-hybridized carbons (Fsp3) is 0.500. The standard InChI is InChI=1S/C8H14N4/c1-7-5-8(12(4)10-7)9-6-11(2)3/h5-6H,1-4H3. The summed E-state index contributed by atoms with van der Waals surface area (Å²) in [4.78, 5) is 6.12. The van der Waals surface area contributed by atoms with Crippen LogP contribution in [0.2, 0.25) is 0 Å². The highest BCUT2D eigenvalue weighted by molar-refractivity contribution is 5.59. The maximum Gasteiger partial charge on any atom is 0.152 e. The molecule has 0 aliphatic rings. The van der Waals surface area contributed by atoms with Crippen molar-refractivity contribution in [3.05, 3.63) is 11.8 Å². The van der Waals surface area contributed by atoms with Gasteiger partial charge in [0.25, 0.3) is 0 Å². The van der Waals surface area contributed by atoms with Crippen molar-refractivity contribution in [3.8, 4) is 0 Å². The van der Waals surface area contributed by atoms with Crippen LogP contribution in [0.5, 0.6) is 0 Å². The van der Waals surface area contributed by atoms with Gasteiger partial charge in [0, 0.05) is 27.2 Å². The van der Waals surface area contributed by atoms with Crippen LogP contribution < -0.4 is 0 Å². The first-order valence-corrected chi connectivity index (χ1v) is 3.81. The van der Waals surface area contributed by atoms with Gasteiger partial charge in [-0.05, 0) is 6.92 Å². The highest BCUT2D eigenvalue weighted by Crippen LogP contribution is 2.10. The van der Waals surface area contributed by atoms with E-state index in [1.165, 1.54) is 0 Å². The maximum atomic E-state index is 4.23. The third kappa shape index (κ3) is 2.08. The quantitative estimate of drug-likeness (QED) is 0.484. The maximum absolute atomic E-state index is 4.23. The lowest BCUT2D eigenvalue weighted by molar-refractivity contribution is 0.641. The Labute approximate surface area is 72.5 Å². The lowest BCUT2D eigenvalue weighted by Gasteiger charge is -2.01. The topological polar surface area (TPSA) is 33.4 Å². The normalized spacial score (nSPS) is 11.0. The molecule has 0 saturated heterocycles. The molecule has 0 spiro atoms. The average Bonchev–Trinajstić information content (AvgIpc) is 2.26. The van der Waals surface area contributed by atoms with Crippen LogP contribution in [0.4, 0.5) is 5.82 Å². The molecule has 1 aromatic heterocycles. The van der Waals surface area contributed by atoms with Crippen LogP contribution >= 0.6 is 0 Å². The summed E-state index contributed by atoms with van der Waals surface area (Å²) in [7, 11) is 5.76. The second-order valence-electron chi connectivity index (χ2n) is 2.98. The fourth-order valence-electron chi connectivity index (χ4n) is 0.892. The summed E-state index contributed by atoms with van der Waals surface area (Å²) in [6.45, 7) is 1.95. The number of hydrogen-bond donors (Lipinski definition) is 0. The smallest absolute Gasteiger partial charge is 0.152 e. The first-order valence-electron chi connectivity index (χ1n) is 3.81. The number of rotatable bonds is 2. The molecule has 0 radical (unpaired) electrons. The van der Waals surface area contributed by atoms with E-state index in [-0.39, 0.29) is 0 Å². The van der Waals surface area contributed by atoms with E-state index in [1.54, 1.807) is 11.0 Å². The highest BCUT2D eigenvalue weighted by Gasteiger charge is 1.97. The molecular formula is C8H14N4. The van der Waals surface area contributed by atoms with Crippen molar-refractivity contribution in [2.24, 2.45) is 12.0 Å². The Balaban J connectivity index is 2.81. The Morgan fingerprint density at radius 3 is 2.67 bits per heavy atom. The predicted molar refractivity (Wildman–Crippen MR) is 49.8 cm³/mol. The van der Waals surface area contributed by atoms with Gasteiger partial charge in [-0.1, -0.05) is 0 Å². The Morgan fingerprint density at radius 2 is 2.25 bits per heavy atom. The number of hydrogen-bond acceptors (Lipinski definition) is 2. The number of nitrogens with zero attached hydrogens (tertiary/aromatic N) is 4. The van der Waals surface area contributed by atoms with Crippen molar-refractivity contribution in [1.29, 1.82) is 0 Å². The van der Waals surface area contributed by atoms with Gasteiger partial charge in [0.15, 0.2) is 5.82 Å². The molecule has 0 aliphatic carbocycles. The van der Waals surface area contributed by atoms with Gasteiger partial charge in [-0.15, -0.1) is 0 Å². The number of aryl methyl sites for hydroxylation is 2. The highest BCUT2D eigenvalue weighted by atomic mass is 15.3. The van der Waals surface area contributed by atoms with Crippen molar-refractivity contribution in [1.82, 2.24) is 14.7 Å². The summed E-state index contributed by atoms with van der Waals surface area (Å²) in [5.74, 6) is 0.876. The molecule has 66 valence electrons. The van der Waals surface area contributed by atoms with Crippen LogP contribution in [0.25, 0.3) is 0 Å². The number of aliphatic imine (C=N–C) groups is 1. The van der Waals surface area contributed by atoms with Gasteiger partial charge in [-0.2, -0.15) is 5.10 Å². The summed E-state index contributed by atoms with van der Waals surface area (Å²) in [5.41, 5.74) is 0.989. The third-order valence-electron chi connectivity index (χ3n) is 1.40. The van der Waals surface area contributed by atoms with Crippen LogP contribution in [0.15, 0.2) is 11.1 Å². The van der Waals surface area contributed by atoms with Gasteiger partial charge in [0.2, 0.25) is 0 Å². The lowest BCUT2D eigenvalue weighted by Crippen LogP contribution is -2.07. The minimum atomic E-state index is 0.876. The summed E-state index contributed by atoms with van der Waals surface area (Å²) >= 11 is 0. The zero-order valence-corrected chi connectivity index (χ0v) is 7.94. The van der Waals surface area contributed by atoms with Crippen molar-refractivity contribution in [3.63, 3.8) is 0 Å². The molecule has 12 heavy (non-hydrogen) atoms. The van der Waals surface area contributed by atoms with E-state index < -0.39 is 0 Å². The molecule has 0 atom stereocenters. The summed E-state index contributed by atoms with van der Waals surface area (Å²) in [6.07, 6.45) is 1.76. The third-order valence-corrected chi connectivity index (χ3v) is 1.40. The lowest BCUT2D eigenvalue weighted by atomic mass is 10.5. The first kappa shape index (κ1) is 8.77. The fourth-order valence-corrected chi connectivity index (χ4v) is 0.892. The van der Waals surface area contributed by atoms with E-state index in [4.69, 9.17) is 0 Å². The molecule has 0 N–H and O–H groups in total. The van der Waals surface area contributed by atoms with Crippen molar-refractivity contribution < 1.29 is 0 Å². The molecule has 0 unspecified atom stereocenters. The largest absolute Gasteiger partial charge is 0.369 e. The molecule has 4 heteroatoms. The molecule has 4 nitrogen and oxygen atoms in total. The van der Waals surface area contributed by atoms with E-state index in [1.807, 2.05) is 39.0 Å². The van der Waals surface area contributed by atoms with Gasteiger partial charge in [0.05, 0.1) is 12.0 Å². The van der Waals surface area contributed by atoms with Gasteiger partial charge in [-0.25, -0.2) is 4.99 Å². The van der Waals surface area contributed by atoms with Crippen molar-refractivity contribution >= 4 is 12.2 Å². The van der Waals surface area contributed by atoms with E-state index >= 15 is 0 Å². The zero-order valence-electron chi connectivity index (χ0n) is 7.94. The summed E-state index contributed by atoms with van der Waals surface area (Å²) in [6, 6.07) is 1.94. The van der Waals surface area contributed by atoms with E-state index in [9.17, 15) is 0 Å². The monoisotopic (exact) mass is 166 g/mol. The second kappa shape index (κ2) is 3.38. The van der Waals surface area contributed by atoms with Gasteiger partial charge in [0.1, 0.15) is 0 Å². The molecule has 1 aromatic rings. The minimum absolute atomic E-state index is 0.876. The molecule has 0 aliphatic heterocycles. The second-order valence-corrected chi connectivity index (χ2v) is 2.98. The molecule has 0 amide bonds. The minimum Gasteiger partial charge on any atom is -0.369 e. The van der Waals surface area contributed by atoms with Crippen LogP contribution in [-0.2, 0) is 7.05 Å². The van der Waals surface area contributed by atoms with Crippen LogP contribution in [0.3, 0.4) is 0 Å². The Bertz CT molecular complexity index is 285. The summed E-state index contributed by atoms with van der Waals surface area (Å²) in [5, 5.41) is 4.17. The van der Waals surface area contributed by atoms with Crippen molar-refractivity contribution in [2.45, 2.75) is 6.92 Å². The van der Waals surface area contributed by atoms with Crippen LogP contribution in [0, 0.1) is 6.92 Å². The van der Waals surface area contributed by atoms with Crippen molar-refractivity contribution in [2.75, 3.05) is 14.1 Å². The van der Waals surface area contributed by atoms with Gasteiger partial charge >= 0.3 is 0 Å². The number of aromatic nitrogens is 2. The molecular weight excluding hydrogens is 152 g/mol. The van der Waals surface area contributed by atoms with E-state index in [2.05, 4.69) is 10.1 Å². The molecule has 0 saturated carbocycles. The molecule has 0 aromatic carbocycles. The predicted octanol–water partition coefficient (Wildman–Crippen LogP) is 0.950. The molecule has 1 heterocycles. The van der Waals surface area contributed by atoms with Crippen LogP contribution in [-0.4, -0.2) is 35.1 Å². The van der Waals surface area contributed by atoms with E-state index in [0.717, 1.165) is 11.5 Å². The van der Waals surface area contributed by atoms with E-state index in [0.29, 0.717) is 0 Å². The first-order chi connectivity index (χ1) is 5.59. The Morgan fingerprint density at radius 1 is 1.58 bits per heavy atom. The summed E-state index contributed by atoms with van der Waals surface area (Å²) < 4.78 is 1.76. The average molecular weight is 166 g/mol.